The molecule has 3 heteroatoms. The van der Waals surface area contributed by atoms with Crippen LogP contribution in [-0.2, 0) is 0 Å². The molecule has 0 fully saturated rings. The highest BCUT2D eigenvalue weighted by Gasteiger charge is 2.24. The molecule has 0 saturated heterocycles. The zero-order valence-corrected chi connectivity index (χ0v) is 11.8. The van der Waals surface area contributed by atoms with Gasteiger partial charge in [-0.2, -0.15) is 0 Å². The summed E-state index contributed by atoms with van der Waals surface area (Å²) < 4.78 is 5.40. The molecule has 0 aliphatic carbocycles. The predicted octanol–water partition coefficient (Wildman–Crippen LogP) is 2.82. The predicted molar refractivity (Wildman–Crippen MR) is 72.4 cm³/mol. The molecule has 1 aromatic carbocycles. The minimum absolute atomic E-state index is 0.0301. The first-order valence-electron chi connectivity index (χ1n) is 6.27. The Morgan fingerprint density at radius 1 is 1.33 bits per heavy atom. The van der Waals surface area contributed by atoms with Gasteiger partial charge in [0.25, 0.3) is 0 Å². The molecule has 1 atom stereocenters. The summed E-state index contributed by atoms with van der Waals surface area (Å²) >= 11 is 0. The molecule has 0 bridgehead atoms. The van der Waals surface area contributed by atoms with Crippen molar-refractivity contribution in [3.8, 4) is 5.75 Å². The number of carbonyl (C=O) groups excluding carboxylic acids is 1. The fourth-order valence-electron chi connectivity index (χ4n) is 2.21. The van der Waals surface area contributed by atoms with Crippen LogP contribution in [0.4, 0.5) is 0 Å². The Labute approximate surface area is 109 Å². The van der Waals surface area contributed by atoms with E-state index in [1.165, 1.54) is 0 Å². The summed E-state index contributed by atoms with van der Waals surface area (Å²) in [6, 6.07) is 2.00. The molecule has 0 aliphatic rings. The van der Waals surface area contributed by atoms with Crippen LogP contribution in [0.3, 0.4) is 0 Å². The second-order valence-corrected chi connectivity index (χ2v) is 4.70. The summed E-state index contributed by atoms with van der Waals surface area (Å²) in [5.74, 6) is 0.265. The maximum atomic E-state index is 12.4. The van der Waals surface area contributed by atoms with E-state index in [1.807, 2.05) is 33.8 Å². The molecule has 1 aromatic rings. The molecule has 100 valence electrons. The molecular formula is C15H22O3. The van der Waals surface area contributed by atoms with E-state index in [0.29, 0.717) is 17.7 Å². The Morgan fingerprint density at radius 2 is 1.94 bits per heavy atom. The van der Waals surface area contributed by atoms with E-state index >= 15 is 0 Å². The van der Waals surface area contributed by atoms with Crippen LogP contribution in [-0.4, -0.2) is 24.6 Å². The van der Waals surface area contributed by atoms with Crippen LogP contribution in [0.5, 0.6) is 5.75 Å². The van der Waals surface area contributed by atoms with Crippen molar-refractivity contribution >= 4 is 5.78 Å². The van der Waals surface area contributed by atoms with Crippen molar-refractivity contribution in [3.05, 3.63) is 28.3 Å². The SMILES string of the molecule is CCC(CO)C(=O)c1c(C)cc(C)c(C)c1OC. The van der Waals surface area contributed by atoms with Crippen molar-refractivity contribution in [2.75, 3.05) is 13.7 Å². The van der Waals surface area contributed by atoms with Gasteiger partial charge in [-0.1, -0.05) is 13.0 Å². The Balaban J connectivity index is 3.40. The topological polar surface area (TPSA) is 46.5 Å². The van der Waals surface area contributed by atoms with Crippen molar-refractivity contribution < 1.29 is 14.6 Å². The molecule has 0 aromatic heterocycles. The summed E-state index contributed by atoms with van der Waals surface area (Å²) in [5.41, 5.74) is 3.62. The summed E-state index contributed by atoms with van der Waals surface area (Å²) in [7, 11) is 1.58. The number of ether oxygens (including phenoxy) is 1. The number of carbonyl (C=O) groups is 1. The van der Waals surface area contributed by atoms with Gasteiger partial charge in [-0.05, 0) is 43.9 Å². The van der Waals surface area contributed by atoms with Crippen molar-refractivity contribution in [3.63, 3.8) is 0 Å². The highest BCUT2D eigenvalue weighted by atomic mass is 16.5. The standard InChI is InChI=1S/C15H22O3/c1-6-12(8-16)14(17)13-10(3)7-9(2)11(4)15(13)18-5/h7,12,16H,6,8H2,1-5H3. The van der Waals surface area contributed by atoms with E-state index < -0.39 is 0 Å². The number of hydrogen-bond donors (Lipinski definition) is 1. The van der Waals surface area contributed by atoms with Crippen LogP contribution in [0.15, 0.2) is 6.07 Å². The third-order valence-corrected chi connectivity index (χ3v) is 3.52. The zero-order chi connectivity index (χ0) is 13.9. The van der Waals surface area contributed by atoms with Gasteiger partial charge in [0, 0.05) is 5.92 Å². The average Bonchev–Trinajstić information content (AvgIpc) is 2.34. The summed E-state index contributed by atoms with van der Waals surface area (Å²) in [4.78, 5) is 12.4. The van der Waals surface area contributed by atoms with Gasteiger partial charge in [0.05, 0.1) is 19.3 Å². The lowest BCUT2D eigenvalue weighted by atomic mass is 9.89. The van der Waals surface area contributed by atoms with Crippen molar-refractivity contribution in [1.82, 2.24) is 0 Å². The van der Waals surface area contributed by atoms with E-state index in [9.17, 15) is 9.90 Å². The molecule has 0 heterocycles. The summed E-state index contributed by atoms with van der Waals surface area (Å²) in [6.07, 6.45) is 0.630. The molecule has 1 rings (SSSR count). The second kappa shape index (κ2) is 6.01. The second-order valence-electron chi connectivity index (χ2n) is 4.70. The van der Waals surface area contributed by atoms with Crippen LogP contribution in [0.1, 0.15) is 40.4 Å². The molecule has 18 heavy (non-hydrogen) atoms. The monoisotopic (exact) mass is 250 g/mol. The van der Waals surface area contributed by atoms with Crippen LogP contribution in [0.2, 0.25) is 0 Å². The molecule has 0 amide bonds. The van der Waals surface area contributed by atoms with Gasteiger partial charge in [0.15, 0.2) is 5.78 Å². The number of hydrogen-bond acceptors (Lipinski definition) is 3. The molecule has 1 unspecified atom stereocenters. The van der Waals surface area contributed by atoms with E-state index in [4.69, 9.17) is 4.74 Å². The molecule has 1 N–H and O–H groups in total. The first-order valence-corrected chi connectivity index (χ1v) is 6.27. The van der Waals surface area contributed by atoms with Crippen LogP contribution in [0.25, 0.3) is 0 Å². The van der Waals surface area contributed by atoms with Gasteiger partial charge < -0.3 is 9.84 Å². The Bertz CT molecular complexity index is 446. The zero-order valence-electron chi connectivity index (χ0n) is 11.8. The largest absolute Gasteiger partial charge is 0.496 e. The maximum absolute atomic E-state index is 12.4. The van der Waals surface area contributed by atoms with Crippen LogP contribution in [0, 0.1) is 26.7 Å². The van der Waals surface area contributed by atoms with Gasteiger partial charge >= 0.3 is 0 Å². The van der Waals surface area contributed by atoms with Crippen LogP contribution < -0.4 is 4.74 Å². The van der Waals surface area contributed by atoms with E-state index in [0.717, 1.165) is 16.7 Å². The summed E-state index contributed by atoms with van der Waals surface area (Å²) in [6.45, 7) is 7.64. The van der Waals surface area contributed by atoms with Gasteiger partial charge in [0.1, 0.15) is 5.75 Å². The Hall–Kier alpha value is -1.35. The van der Waals surface area contributed by atoms with E-state index in [1.54, 1.807) is 7.11 Å². The number of aliphatic hydroxyl groups is 1. The average molecular weight is 250 g/mol. The van der Waals surface area contributed by atoms with Gasteiger partial charge in [0.2, 0.25) is 0 Å². The highest BCUT2D eigenvalue weighted by Crippen LogP contribution is 2.31. The lowest BCUT2D eigenvalue weighted by molar-refractivity contribution is 0.0852. The molecule has 3 nitrogen and oxygen atoms in total. The van der Waals surface area contributed by atoms with Gasteiger partial charge in [-0.25, -0.2) is 0 Å². The number of methoxy groups -OCH3 is 1. The normalized spacial score (nSPS) is 12.3. The molecular weight excluding hydrogens is 228 g/mol. The fourth-order valence-corrected chi connectivity index (χ4v) is 2.21. The minimum atomic E-state index is -0.347. The third-order valence-electron chi connectivity index (χ3n) is 3.52. The van der Waals surface area contributed by atoms with Crippen molar-refractivity contribution in [2.24, 2.45) is 5.92 Å². The number of aliphatic hydroxyl groups excluding tert-OH is 1. The number of ketones is 1. The van der Waals surface area contributed by atoms with Crippen molar-refractivity contribution in [1.29, 1.82) is 0 Å². The lowest BCUT2D eigenvalue weighted by Crippen LogP contribution is -2.20. The van der Waals surface area contributed by atoms with Crippen molar-refractivity contribution in [2.45, 2.75) is 34.1 Å². The lowest BCUT2D eigenvalue weighted by Gasteiger charge is -2.18. The number of aryl methyl sites for hydroxylation is 2. The smallest absolute Gasteiger partial charge is 0.172 e. The van der Waals surface area contributed by atoms with Crippen LogP contribution >= 0.6 is 0 Å². The maximum Gasteiger partial charge on any atom is 0.172 e. The first-order chi connectivity index (χ1) is 8.47. The Kier molecular flexibility index (Phi) is 4.91. The minimum Gasteiger partial charge on any atom is -0.496 e. The molecule has 0 saturated carbocycles. The molecule has 0 radical (unpaired) electrons. The summed E-state index contributed by atoms with van der Waals surface area (Å²) in [5, 5.41) is 9.27. The van der Waals surface area contributed by atoms with Gasteiger partial charge in [-0.15, -0.1) is 0 Å². The highest BCUT2D eigenvalue weighted by molar-refractivity contribution is 6.02. The van der Waals surface area contributed by atoms with Gasteiger partial charge in [-0.3, -0.25) is 4.79 Å². The number of rotatable bonds is 5. The number of benzene rings is 1. The fraction of sp³-hybridized carbons (Fsp3) is 0.533. The molecule has 0 spiro atoms. The first kappa shape index (κ1) is 14.7. The number of Topliss-reactive ketones (excluding diaryl/α,β-unsaturated/α-hetero) is 1. The quantitative estimate of drug-likeness (QED) is 0.817. The third kappa shape index (κ3) is 2.56. The van der Waals surface area contributed by atoms with E-state index in [2.05, 4.69) is 0 Å². The Morgan fingerprint density at radius 3 is 2.39 bits per heavy atom. The molecule has 0 aliphatic heterocycles. The van der Waals surface area contributed by atoms with E-state index in [-0.39, 0.29) is 18.3 Å².